The summed E-state index contributed by atoms with van der Waals surface area (Å²) in [5.74, 6) is -0.374. The molecule has 1 amide bonds. The average Bonchev–Trinajstić information content (AvgIpc) is 3.00. The zero-order valence-corrected chi connectivity index (χ0v) is 16.6. The van der Waals surface area contributed by atoms with Gasteiger partial charge < -0.3 is 15.3 Å². The molecule has 0 spiro atoms. The van der Waals surface area contributed by atoms with Crippen molar-refractivity contribution in [3.05, 3.63) is 63.6 Å². The van der Waals surface area contributed by atoms with Crippen LogP contribution in [0.2, 0.25) is 0 Å². The van der Waals surface area contributed by atoms with E-state index in [9.17, 15) is 18.0 Å². The summed E-state index contributed by atoms with van der Waals surface area (Å²) in [6.07, 6.45) is 0. The second kappa shape index (κ2) is 7.61. The number of rotatable bonds is 6. The number of imidazole rings is 1. The van der Waals surface area contributed by atoms with E-state index >= 15 is 0 Å². The number of hydrogen-bond donors (Lipinski definition) is 4. The fourth-order valence-corrected chi connectivity index (χ4v) is 4.03. The SMILES string of the molecule is CCNS(=O)(=O)c1ccc(C)c(C(=O)NC(C)c2ccc3[nH]c(=O)[nH]c3c2)c1. The summed E-state index contributed by atoms with van der Waals surface area (Å²) in [6.45, 7) is 5.52. The molecule has 0 fully saturated rings. The highest BCUT2D eigenvalue weighted by Gasteiger charge is 2.19. The second-order valence-electron chi connectivity index (χ2n) is 6.56. The molecule has 8 nitrogen and oxygen atoms in total. The van der Waals surface area contributed by atoms with Crippen molar-refractivity contribution in [2.75, 3.05) is 6.54 Å². The van der Waals surface area contributed by atoms with Gasteiger partial charge in [0.1, 0.15) is 0 Å². The lowest BCUT2D eigenvalue weighted by molar-refractivity contribution is 0.0939. The van der Waals surface area contributed by atoms with Gasteiger partial charge in [0, 0.05) is 12.1 Å². The van der Waals surface area contributed by atoms with E-state index in [-0.39, 0.29) is 29.1 Å². The molecular weight excluding hydrogens is 380 g/mol. The number of hydrogen-bond acceptors (Lipinski definition) is 4. The van der Waals surface area contributed by atoms with Crippen molar-refractivity contribution < 1.29 is 13.2 Å². The van der Waals surface area contributed by atoms with Gasteiger partial charge in [0.2, 0.25) is 10.0 Å². The monoisotopic (exact) mass is 402 g/mol. The number of benzene rings is 2. The Labute approximate surface area is 162 Å². The summed E-state index contributed by atoms with van der Waals surface area (Å²) < 4.78 is 26.8. The molecule has 1 heterocycles. The molecule has 0 aliphatic rings. The number of aryl methyl sites for hydroxylation is 1. The molecule has 4 N–H and O–H groups in total. The van der Waals surface area contributed by atoms with Crippen LogP contribution in [-0.2, 0) is 10.0 Å². The molecule has 9 heteroatoms. The zero-order chi connectivity index (χ0) is 20.5. The van der Waals surface area contributed by atoms with Crippen molar-refractivity contribution >= 4 is 27.0 Å². The highest BCUT2D eigenvalue weighted by molar-refractivity contribution is 7.89. The Hall–Kier alpha value is -2.91. The van der Waals surface area contributed by atoms with E-state index in [1.165, 1.54) is 12.1 Å². The third-order valence-electron chi connectivity index (χ3n) is 4.49. The minimum absolute atomic E-state index is 0.0454. The Bertz CT molecular complexity index is 1190. The molecule has 0 aliphatic carbocycles. The molecular formula is C19H22N4O4S. The van der Waals surface area contributed by atoms with E-state index in [0.29, 0.717) is 22.2 Å². The number of carbonyl (C=O) groups excluding carboxylic acids is 1. The predicted molar refractivity (Wildman–Crippen MR) is 107 cm³/mol. The minimum Gasteiger partial charge on any atom is -0.346 e. The lowest BCUT2D eigenvalue weighted by atomic mass is 10.1. The Morgan fingerprint density at radius 3 is 2.54 bits per heavy atom. The van der Waals surface area contributed by atoms with Gasteiger partial charge in [-0.15, -0.1) is 0 Å². The van der Waals surface area contributed by atoms with Crippen LogP contribution in [0.3, 0.4) is 0 Å². The van der Waals surface area contributed by atoms with Crippen LogP contribution in [0, 0.1) is 6.92 Å². The molecule has 3 aromatic rings. The van der Waals surface area contributed by atoms with Crippen molar-refractivity contribution in [2.45, 2.75) is 31.7 Å². The highest BCUT2D eigenvalue weighted by Crippen LogP contribution is 2.20. The third kappa shape index (κ3) is 4.00. The first kappa shape index (κ1) is 19.8. The fraction of sp³-hybridized carbons (Fsp3) is 0.263. The maximum atomic E-state index is 12.8. The van der Waals surface area contributed by atoms with Crippen molar-refractivity contribution in [1.29, 1.82) is 0 Å². The molecule has 148 valence electrons. The first-order valence-corrected chi connectivity index (χ1v) is 10.3. The van der Waals surface area contributed by atoms with Gasteiger partial charge in [0.05, 0.1) is 22.0 Å². The van der Waals surface area contributed by atoms with Gasteiger partial charge in [0.15, 0.2) is 0 Å². The van der Waals surface area contributed by atoms with E-state index in [0.717, 1.165) is 5.56 Å². The van der Waals surface area contributed by atoms with Crippen molar-refractivity contribution in [2.24, 2.45) is 0 Å². The largest absolute Gasteiger partial charge is 0.346 e. The number of fused-ring (bicyclic) bond motifs is 1. The van der Waals surface area contributed by atoms with Gasteiger partial charge in [-0.25, -0.2) is 17.9 Å². The molecule has 2 aromatic carbocycles. The topological polar surface area (TPSA) is 124 Å². The van der Waals surface area contributed by atoms with Gasteiger partial charge in [-0.2, -0.15) is 0 Å². The van der Waals surface area contributed by atoms with Gasteiger partial charge in [-0.3, -0.25) is 4.79 Å². The van der Waals surface area contributed by atoms with Crippen molar-refractivity contribution in [1.82, 2.24) is 20.0 Å². The molecule has 0 saturated carbocycles. The van der Waals surface area contributed by atoms with Crippen LogP contribution in [0.15, 0.2) is 46.1 Å². The minimum atomic E-state index is -3.65. The maximum absolute atomic E-state index is 12.8. The molecule has 1 aromatic heterocycles. The Morgan fingerprint density at radius 2 is 1.82 bits per heavy atom. The summed E-state index contributed by atoms with van der Waals surface area (Å²) in [4.78, 5) is 29.6. The summed E-state index contributed by atoms with van der Waals surface area (Å²) >= 11 is 0. The second-order valence-corrected chi connectivity index (χ2v) is 8.32. The Morgan fingerprint density at radius 1 is 1.11 bits per heavy atom. The van der Waals surface area contributed by atoms with Crippen LogP contribution in [0.4, 0.5) is 0 Å². The normalized spacial score (nSPS) is 12.8. The van der Waals surface area contributed by atoms with Gasteiger partial charge in [-0.1, -0.05) is 19.1 Å². The zero-order valence-electron chi connectivity index (χ0n) is 15.8. The number of amides is 1. The number of sulfonamides is 1. The van der Waals surface area contributed by atoms with Crippen LogP contribution in [-0.4, -0.2) is 30.8 Å². The average molecular weight is 402 g/mol. The van der Waals surface area contributed by atoms with Crippen LogP contribution in [0.25, 0.3) is 11.0 Å². The molecule has 0 aliphatic heterocycles. The molecule has 28 heavy (non-hydrogen) atoms. The first-order valence-electron chi connectivity index (χ1n) is 8.84. The summed E-state index contributed by atoms with van der Waals surface area (Å²) in [7, 11) is -3.65. The van der Waals surface area contributed by atoms with Crippen molar-refractivity contribution in [3.8, 4) is 0 Å². The van der Waals surface area contributed by atoms with E-state index < -0.39 is 10.0 Å². The number of nitrogens with one attached hydrogen (secondary N) is 4. The molecule has 1 unspecified atom stereocenters. The predicted octanol–water partition coefficient (Wildman–Crippen LogP) is 1.95. The summed E-state index contributed by atoms with van der Waals surface area (Å²) in [5, 5.41) is 2.88. The number of aromatic amines is 2. The van der Waals surface area contributed by atoms with E-state index in [1.54, 1.807) is 32.0 Å². The van der Waals surface area contributed by atoms with Gasteiger partial charge in [-0.05, 0) is 49.2 Å². The van der Waals surface area contributed by atoms with Crippen LogP contribution in [0.5, 0.6) is 0 Å². The molecule has 0 saturated heterocycles. The Kier molecular flexibility index (Phi) is 5.39. The summed E-state index contributed by atoms with van der Waals surface area (Å²) in [6, 6.07) is 9.49. The standard InChI is InChI=1S/C19H22N4O4S/c1-4-20-28(26,27)14-7-5-11(2)15(10-14)18(24)21-12(3)13-6-8-16-17(9-13)23-19(25)22-16/h5-10,12,20H,4H2,1-3H3,(H,21,24)(H2,22,23,25). The van der Waals surface area contributed by atoms with Crippen LogP contribution < -0.4 is 15.7 Å². The summed E-state index contributed by atoms with van der Waals surface area (Å²) in [5.41, 5.74) is 2.82. The van der Waals surface area contributed by atoms with Crippen molar-refractivity contribution in [3.63, 3.8) is 0 Å². The Balaban J connectivity index is 1.86. The van der Waals surface area contributed by atoms with Crippen LogP contribution >= 0.6 is 0 Å². The third-order valence-corrected chi connectivity index (χ3v) is 6.03. The fourth-order valence-electron chi connectivity index (χ4n) is 2.96. The number of aromatic nitrogens is 2. The molecule has 0 radical (unpaired) electrons. The van der Waals surface area contributed by atoms with E-state index in [1.807, 2.05) is 13.0 Å². The maximum Gasteiger partial charge on any atom is 0.323 e. The molecule has 0 bridgehead atoms. The lowest BCUT2D eigenvalue weighted by Gasteiger charge is -2.16. The van der Waals surface area contributed by atoms with Gasteiger partial charge in [0.25, 0.3) is 5.91 Å². The smallest absolute Gasteiger partial charge is 0.323 e. The quantitative estimate of drug-likeness (QED) is 0.503. The number of H-pyrrole nitrogens is 2. The van der Waals surface area contributed by atoms with Gasteiger partial charge >= 0.3 is 5.69 Å². The first-order chi connectivity index (χ1) is 13.2. The highest BCUT2D eigenvalue weighted by atomic mass is 32.2. The van der Waals surface area contributed by atoms with E-state index in [4.69, 9.17) is 0 Å². The lowest BCUT2D eigenvalue weighted by Crippen LogP contribution is -2.28. The van der Waals surface area contributed by atoms with Crippen LogP contribution in [0.1, 0.15) is 41.4 Å². The number of carbonyl (C=O) groups is 1. The van der Waals surface area contributed by atoms with E-state index in [2.05, 4.69) is 20.0 Å². The molecule has 1 atom stereocenters. The molecule has 3 rings (SSSR count).